The molecule has 2 amide bonds. The highest BCUT2D eigenvalue weighted by molar-refractivity contribution is 7.99. The smallest absolute Gasteiger partial charge is 0.410 e. The number of carbonyl (C=O) groups excluding carboxylic acids is 4. The van der Waals surface area contributed by atoms with Crippen molar-refractivity contribution in [1.29, 1.82) is 0 Å². The number of hydrogen-bond donors (Lipinski definition) is 1. The van der Waals surface area contributed by atoms with Crippen LogP contribution in [-0.4, -0.2) is 78.5 Å². The lowest BCUT2D eigenvalue weighted by molar-refractivity contribution is -0.154. The summed E-state index contributed by atoms with van der Waals surface area (Å²) < 4.78 is 16.4. The summed E-state index contributed by atoms with van der Waals surface area (Å²) in [6.07, 6.45) is 3.61. The van der Waals surface area contributed by atoms with Gasteiger partial charge >= 0.3 is 18.0 Å². The number of fused-ring (bicyclic) bond motifs is 1. The molecule has 2 aliphatic rings. The summed E-state index contributed by atoms with van der Waals surface area (Å²) in [5.74, 6) is -0.357. The molecule has 0 spiro atoms. The Balaban J connectivity index is 1.32. The molecule has 0 radical (unpaired) electrons. The van der Waals surface area contributed by atoms with E-state index in [1.807, 2.05) is 54.6 Å². The molecule has 2 aliphatic heterocycles. The number of hydrogen-bond acceptors (Lipinski definition) is 9. The van der Waals surface area contributed by atoms with Crippen LogP contribution in [0.25, 0.3) is 0 Å². The van der Waals surface area contributed by atoms with E-state index in [-0.39, 0.29) is 31.8 Å². The number of esters is 2. The van der Waals surface area contributed by atoms with Crippen molar-refractivity contribution < 1.29 is 33.4 Å². The van der Waals surface area contributed by atoms with Gasteiger partial charge in [-0.3, -0.25) is 24.6 Å². The highest BCUT2D eigenvalue weighted by atomic mass is 32.2. The maximum Gasteiger partial charge on any atom is 0.410 e. The lowest BCUT2D eigenvalue weighted by Crippen LogP contribution is -2.54. The zero-order valence-corrected chi connectivity index (χ0v) is 28.2. The van der Waals surface area contributed by atoms with Gasteiger partial charge < -0.3 is 19.1 Å². The molecule has 46 heavy (non-hydrogen) atoms. The Morgan fingerprint density at radius 1 is 1.00 bits per heavy atom. The Bertz CT molecular complexity index is 1320. The second kappa shape index (κ2) is 16.8. The van der Waals surface area contributed by atoms with Gasteiger partial charge in [-0.05, 0) is 70.6 Å². The first kappa shape index (κ1) is 35.3. The first-order valence-corrected chi connectivity index (χ1v) is 17.2. The minimum absolute atomic E-state index is 0.228. The summed E-state index contributed by atoms with van der Waals surface area (Å²) in [5.41, 5.74) is 0.922. The maximum atomic E-state index is 13.9. The predicted molar refractivity (Wildman–Crippen MR) is 177 cm³/mol. The molecule has 1 unspecified atom stereocenters. The van der Waals surface area contributed by atoms with Crippen LogP contribution in [0.1, 0.15) is 65.4 Å². The monoisotopic (exact) mass is 653 g/mol. The number of ether oxygens (including phenoxy) is 3. The van der Waals surface area contributed by atoms with E-state index in [9.17, 15) is 19.2 Å². The van der Waals surface area contributed by atoms with Crippen LogP contribution in [0.4, 0.5) is 10.5 Å². The van der Waals surface area contributed by atoms with Gasteiger partial charge in [0.05, 0.1) is 18.3 Å². The number of carbonyl (C=O) groups is 4. The van der Waals surface area contributed by atoms with Gasteiger partial charge in [0.1, 0.15) is 24.8 Å². The van der Waals surface area contributed by atoms with Crippen molar-refractivity contribution in [3.63, 3.8) is 0 Å². The third-order valence-corrected chi connectivity index (χ3v) is 9.15. The molecular formula is C35H47N3O7S. The number of likely N-dealkylation sites (tertiary alicyclic amines) is 1. The molecule has 10 nitrogen and oxygen atoms in total. The Labute approximate surface area is 276 Å². The molecule has 0 aromatic heterocycles. The average molecular weight is 654 g/mol. The number of nitrogens with one attached hydrogen (secondary N) is 1. The summed E-state index contributed by atoms with van der Waals surface area (Å²) in [4.78, 5) is 56.4. The number of thioether (sulfide) groups is 1. The van der Waals surface area contributed by atoms with Gasteiger partial charge in [0.25, 0.3) is 0 Å². The van der Waals surface area contributed by atoms with Crippen LogP contribution in [-0.2, 0) is 35.2 Å². The van der Waals surface area contributed by atoms with E-state index in [0.29, 0.717) is 36.9 Å². The molecule has 4 rings (SSSR count). The van der Waals surface area contributed by atoms with Crippen molar-refractivity contribution in [2.24, 2.45) is 5.92 Å². The summed E-state index contributed by atoms with van der Waals surface area (Å²) >= 11 is 1.51. The molecule has 250 valence electrons. The molecule has 0 bridgehead atoms. The standard InChI is InChI=1S/C35H47N3O7S/c1-5-43-33(41)27(15-11-14-25-18-20-37(21-19-25)34(42)44-23-26-12-7-6-8-13-26)36-28-24-46-30-17-10-9-16-29(30)38(32(28)40)22-31(39)45-35(2,3)4/h6-10,12-13,16-17,25,27-28,36H,5,11,14-15,18-24H2,1-4H3/t27-,28?/m1/s1. The topological polar surface area (TPSA) is 114 Å². The highest BCUT2D eigenvalue weighted by Crippen LogP contribution is 2.34. The Kier molecular flexibility index (Phi) is 12.9. The van der Waals surface area contributed by atoms with Gasteiger partial charge in [-0.1, -0.05) is 55.3 Å². The first-order valence-electron chi connectivity index (χ1n) is 16.2. The second-order valence-corrected chi connectivity index (χ2v) is 13.8. The first-order chi connectivity index (χ1) is 22.0. The Morgan fingerprint density at radius 2 is 1.70 bits per heavy atom. The lowest BCUT2D eigenvalue weighted by Gasteiger charge is -2.32. The van der Waals surface area contributed by atoms with Crippen molar-refractivity contribution in [2.75, 3.05) is 36.9 Å². The second-order valence-electron chi connectivity index (χ2n) is 12.7. The van der Waals surface area contributed by atoms with Crippen LogP contribution in [0, 0.1) is 5.92 Å². The van der Waals surface area contributed by atoms with Gasteiger partial charge in [-0.15, -0.1) is 11.8 Å². The van der Waals surface area contributed by atoms with Crippen molar-refractivity contribution in [3.8, 4) is 0 Å². The van der Waals surface area contributed by atoms with E-state index >= 15 is 0 Å². The van der Waals surface area contributed by atoms with E-state index in [1.165, 1.54) is 16.7 Å². The minimum Gasteiger partial charge on any atom is -0.465 e. The van der Waals surface area contributed by atoms with Gasteiger partial charge in [0.2, 0.25) is 5.91 Å². The normalized spacial score (nSPS) is 17.9. The van der Waals surface area contributed by atoms with Crippen molar-refractivity contribution in [1.82, 2.24) is 10.2 Å². The molecule has 0 aliphatic carbocycles. The molecule has 1 N–H and O–H groups in total. The number of piperidine rings is 1. The number of anilines is 1. The summed E-state index contributed by atoms with van der Waals surface area (Å²) in [7, 11) is 0. The number of para-hydroxylation sites is 1. The fraction of sp³-hybridized carbons (Fsp3) is 0.543. The number of benzene rings is 2. The van der Waals surface area contributed by atoms with Crippen molar-refractivity contribution in [2.45, 2.75) is 89.0 Å². The molecular weight excluding hydrogens is 606 g/mol. The predicted octanol–water partition coefficient (Wildman–Crippen LogP) is 5.58. The number of rotatable bonds is 12. The van der Waals surface area contributed by atoms with Gasteiger partial charge in [0.15, 0.2) is 0 Å². The van der Waals surface area contributed by atoms with Crippen LogP contribution >= 0.6 is 11.8 Å². The van der Waals surface area contributed by atoms with Crippen molar-refractivity contribution in [3.05, 3.63) is 60.2 Å². The SMILES string of the molecule is CCOC(=O)[C@@H](CCCC1CCN(C(=O)OCc2ccccc2)CC1)NC1CSc2ccccc2N(CC(=O)OC(C)(C)C)C1=O. The quantitative estimate of drug-likeness (QED) is 0.232. The van der Waals surface area contributed by atoms with Gasteiger partial charge in [-0.2, -0.15) is 0 Å². The van der Waals surface area contributed by atoms with Crippen LogP contribution in [0.2, 0.25) is 0 Å². The molecule has 1 saturated heterocycles. The molecule has 2 aromatic rings. The molecule has 0 saturated carbocycles. The minimum atomic E-state index is -0.709. The molecule has 11 heteroatoms. The van der Waals surface area contributed by atoms with Crippen LogP contribution in [0.3, 0.4) is 0 Å². The third-order valence-electron chi connectivity index (χ3n) is 7.99. The fourth-order valence-electron chi connectivity index (χ4n) is 5.72. The van der Waals surface area contributed by atoms with Crippen molar-refractivity contribution >= 4 is 41.4 Å². The summed E-state index contributed by atoms with van der Waals surface area (Å²) in [5, 5.41) is 3.30. The zero-order valence-electron chi connectivity index (χ0n) is 27.4. The molecule has 2 aromatic carbocycles. The van der Waals surface area contributed by atoms with Crippen LogP contribution in [0.5, 0.6) is 0 Å². The van der Waals surface area contributed by atoms with E-state index in [0.717, 1.165) is 36.1 Å². The number of amides is 2. The highest BCUT2D eigenvalue weighted by Gasteiger charge is 2.36. The lowest BCUT2D eigenvalue weighted by atomic mass is 9.91. The fourth-order valence-corrected chi connectivity index (χ4v) is 6.81. The van der Waals surface area contributed by atoms with E-state index in [1.54, 1.807) is 32.6 Å². The molecule has 2 heterocycles. The Hall–Kier alpha value is -3.57. The molecule has 2 atom stereocenters. The van der Waals surface area contributed by atoms with Gasteiger partial charge in [-0.25, -0.2) is 4.79 Å². The van der Waals surface area contributed by atoms with E-state index in [4.69, 9.17) is 14.2 Å². The Morgan fingerprint density at radius 3 is 2.39 bits per heavy atom. The molecule has 1 fully saturated rings. The largest absolute Gasteiger partial charge is 0.465 e. The summed E-state index contributed by atoms with van der Waals surface area (Å²) in [6, 6.07) is 15.7. The van der Waals surface area contributed by atoms with Crippen LogP contribution in [0.15, 0.2) is 59.5 Å². The maximum absolute atomic E-state index is 13.9. The summed E-state index contributed by atoms with van der Waals surface area (Å²) in [6.45, 7) is 8.68. The average Bonchev–Trinajstić information content (AvgIpc) is 3.15. The van der Waals surface area contributed by atoms with Crippen LogP contribution < -0.4 is 10.2 Å². The third kappa shape index (κ3) is 10.5. The van der Waals surface area contributed by atoms with Gasteiger partial charge in [0, 0.05) is 23.7 Å². The number of nitrogens with zero attached hydrogens (tertiary/aromatic N) is 2. The zero-order chi connectivity index (χ0) is 33.1. The van der Waals surface area contributed by atoms with E-state index < -0.39 is 29.6 Å². The van der Waals surface area contributed by atoms with E-state index in [2.05, 4.69) is 5.32 Å².